The van der Waals surface area contributed by atoms with Crippen molar-refractivity contribution in [3.8, 4) is 0 Å². The predicted octanol–water partition coefficient (Wildman–Crippen LogP) is 2.17. The topological polar surface area (TPSA) is 44.8 Å². The zero-order valence-electron chi connectivity index (χ0n) is 13.4. The van der Waals surface area contributed by atoms with Gasteiger partial charge >= 0.3 is 7.82 Å². The largest absolute Gasteiger partial charge is 0.444 e. The fourth-order valence-corrected chi connectivity index (χ4v) is 8.65. The molecular weight excluding hydrogens is 323 g/mol. The average molecular weight is 351 g/mol. The molecule has 0 aliphatic carbocycles. The van der Waals surface area contributed by atoms with Crippen LogP contribution in [-0.4, -0.2) is 29.3 Å². The first-order valence-electron chi connectivity index (χ1n) is 6.76. The van der Waals surface area contributed by atoms with E-state index in [0.29, 0.717) is 0 Å². The molecule has 0 N–H and O–H groups in total. The summed E-state index contributed by atoms with van der Waals surface area (Å²) in [6.45, 7) is 11.8. The first-order chi connectivity index (χ1) is 9.36. The van der Waals surface area contributed by atoms with Crippen molar-refractivity contribution in [1.82, 2.24) is 0 Å². The second-order valence-corrected chi connectivity index (χ2v) is 12.9. The van der Waals surface area contributed by atoms with Crippen LogP contribution in [0.5, 0.6) is 0 Å². The SMILES string of the molecule is CC=C(C)[SiH2]OP(=O)(O[SiH2]C(C)=CC)O[SiH2]C(C)=CC. The summed E-state index contributed by atoms with van der Waals surface area (Å²) in [6.07, 6.45) is 5.96. The second-order valence-electron chi connectivity index (χ2n) is 4.67. The van der Waals surface area contributed by atoms with Crippen molar-refractivity contribution >= 4 is 37.1 Å². The van der Waals surface area contributed by atoms with Crippen molar-refractivity contribution < 1.29 is 17.2 Å². The summed E-state index contributed by atoms with van der Waals surface area (Å²) in [5, 5.41) is 3.43. The first kappa shape index (κ1) is 20.0. The van der Waals surface area contributed by atoms with E-state index in [2.05, 4.69) is 0 Å². The average Bonchev–Trinajstić information content (AvgIpc) is 2.47. The number of allylic oxidation sites excluding steroid dienone is 6. The first-order valence-corrected chi connectivity index (χ1v) is 12.1. The van der Waals surface area contributed by atoms with E-state index >= 15 is 0 Å². The Morgan fingerprint density at radius 1 is 0.750 bits per heavy atom. The summed E-state index contributed by atoms with van der Waals surface area (Å²) in [4.78, 5) is 0. The fraction of sp³-hybridized carbons (Fsp3) is 0.500. The Hall–Kier alpha value is -0.0194. The van der Waals surface area contributed by atoms with Crippen LogP contribution in [0.1, 0.15) is 41.5 Å². The molecule has 0 atom stereocenters. The number of rotatable bonds is 9. The van der Waals surface area contributed by atoms with E-state index in [-0.39, 0.29) is 0 Å². The van der Waals surface area contributed by atoms with Crippen LogP contribution in [-0.2, 0) is 17.2 Å². The molecule has 0 aromatic carbocycles. The van der Waals surface area contributed by atoms with E-state index in [9.17, 15) is 4.57 Å². The van der Waals surface area contributed by atoms with Crippen LogP contribution in [0.4, 0.5) is 0 Å². The number of phosphoric acid groups is 1. The molecule has 20 heavy (non-hydrogen) atoms. The highest BCUT2D eigenvalue weighted by molar-refractivity contribution is 7.52. The molecule has 0 aromatic rings. The van der Waals surface area contributed by atoms with E-state index in [1.54, 1.807) is 0 Å². The van der Waals surface area contributed by atoms with Crippen LogP contribution in [0.3, 0.4) is 0 Å². The van der Waals surface area contributed by atoms with Crippen LogP contribution >= 0.6 is 7.82 Å². The minimum Gasteiger partial charge on any atom is -0.333 e. The monoisotopic (exact) mass is 350 g/mol. The van der Waals surface area contributed by atoms with Gasteiger partial charge in [0.25, 0.3) is 0 Å². The Labute approximate surface area is 130 Å². The van der Waals surface area contributed by atoms with Gasteiger partial charge in [0.15, 0.2) is 0 Å². The minimum atomic E-state index is -3.36. The van der Waals surface area contributed by atoms with Gasteiger partial charge in [-0.15, -0.1) is 0 Å². The van der Waals surface area contributed by atoms with Crippen LogP contribution in [0.25, 0.3) is 0 Å². The van der Waals surface area contributed by atoms with Gasteiger partial charge in [-0.3, -0.25) is 0 Å². The maximum Gasteiger partial charge on any atom is 0.444 e. The molecular formula is C12H27O4PSi3. The van der Waals surface area contributed by atoms with E-state index in [1.807, 2.05) is 59.8 Å². The zero-order chi connectivity index (χ0) is 15.6. The molecule has 0 aliphatic rings. The van der Waals surface area contributed by atoms with Crippen LogP contribution in [0, 0.1) is 0 Å². The van der Waals surface area contributed by atoms with E-state index in [4.69, 9.17) is 12.6 Å². The smallest absolute Gasteiger partial charge is 0.333 e. The third-order valence-electron chi connectivity index (χ3n) is 2.83. The van der Waals surface area contributed by atoms with Crippen molar-refractivity contribution in [3.63, 3.8) is 0 Å². The molecule has 4 nitrogen and oxygen atoms in total. The molecule has 0 saturated carbocycles. The van der Waals surface area contributed by atoms with Crippen molar-refractivity contribution in [3.05, 3.63) is 33.8 Å². The zero-order valence-corrected chi connectivity index (χ0v) is 18.6. The summed E-state index contributed by atoms with van der Waals surface area (Å²) >= 11 is 0. The molecule has 0 bridgehead atoms. The molecule has 0 spiro atoms. The third kappa shape index (κ3) is 9.02. The molecule has 0 rings (SSSR count). The summed E-state index contributed by atoms with van der Waals surface area (Å²) in [5.41, 5.74) is 0. The highest BCUT2D eigenvalue weighted by Gasteiger charge is 2.25. The molecule has 116 valence electrons. The Kier molecular flexibility index (Phi) is 10.7. The maximum absolute atomic E-state index is 12.6. The summed E-state index contributed by atoms with van der Waals surface area (Å²) in [7, 11) is -6.41. The lowest BCUT2D eigenvalue weighted by atomic mass is 10.6. The normalized spacial score (nSPS) is 19.0. The van der Waals surface area contributed by atoms with Crippen LogP contribution < -0.4 is 0 Å². The van der Waals surface area contributed by atoms with Crippen molar-refractivity contribution in [1.29, 1.82) is 0 Å². The molecule has 0 saturated heterocycles. The van der Waals surface area contributed by atoms with Gasteiger partial charge in [0, 0.05) is 0 Å². The lowest BCUT2D eigenvalue weighted by molar-refractivity contribution is 0.318. The number of hydrogen-bond acceptors (Lipinski definition) is 4. The Morgan fingerprint density at radius 2 is 1.00 bits per heavy atom. The maximum atomic E-state index is 12.6. The lowest BCUT2D eigenvalue weighted by Gasteiger charge is -2.19. The van der Waals surface area contributed by atoms with Gasteiger partial charge in [-0.1, -0.05) is 33.8 Å². The van der Waals surface area contributed by atoms with E-state index < -0.39 is 37.1 Å². The highest BCUT2D eigenvalue weighted by Crippen LogP contribution is 2.49. The molecule has 0 radical (unpaired) electrons. The van der Waals surface area contributed by atoms with Gasteiger partial charge in [0.05, 0.1) is 0 Å². The van der Waals surface area contributed by atoms with Crippen molar-refractivity contribution in [2.75, 3.05) is 0 Å². The van der Waals surface area contributed by atoms with Gasteiger partial charge in [0.1, 0.15) is 0 Å². The molecule has 0 aromatic heterocycles. The number of hydrogen-bond donors (Lipinski definition) is 0. The molecule has 0 fully saturated rings. The third-order valence-corrected chi connectivity index (χ3v) is 10.8. The van der Waals surface area contributed by atoms with Gasteiger partial charge in [-0.25, -0.2) is 4.57 Å². The molecule has 0 unspecified atom stereocenters. The fourth-order valence-electron chi connectivity index (χ4n) is 0.904. The predicted molar refractivity (Wildman–Crippen MR) is 94.8 cm³/mol. The lowest BCUT2D eigenvalue weighted by Crippen LogP contribution is -2.10. The standard InChI is InChI=1S/C12H27O4PSi3/c1-7-10(4)18-14-17(13,15-19-11(5)8-2)16-20-12(6)9-3/h7-9H,18-20H2,1-6H3. The second kappa shape index (κ2) is 10.7. The summed E-state index contributed by atoms with van der Waals surface area (Å²) < 4.78 is 29.3. The minimum absolute atomic E-state index is 1.02. The Morgan fingerprint density at radius 3 is 1.20 bits per heavy atom. The Balaban J connectivity index is 4.70. The van der Waals surface area contributed by atoms with Crippen LogP contribution in [0.2, 0.25) is 0 Å². The van der Waals surface area contributed by atoms with Gasteiger partial charge in [0.2, 0.25) is 29.3 Å². The van der Waals surface area contributed by atoms with Crippen LogP contribution in [0.15, 0.2) is 33.8 Å². The van der Waals surface area contributed by atoms with Crippen molar-refractivity contribution in [2.24, 2.45) is 0 Å². The van der Waals surface area contributed by atoms with E-state index in [0.717, 1.165) is 15.6 Å². The molecule has 0 aliphatic heterocycles. The molecule has 0 heterocycles. The summed E-state index contributed by atoms with van der Waals surface area (Å²) in [5.74, 6) is 0. The quantitative estimate of drug-likeness (QED) is 0.472. The summed E-state index contributed by atoms with van der Waals surface area (Å²) in [6, 6.07) is 0. The van der Waals surface area contributed by atoms with E-state index in [1.165, 1.54) is 0 Å². The van der Waals surface area contributed by atoms with Crippen molar-refractivity contribution in [2.45, 2.75) is 41.5 Å². The van der Waals surface area contributed by atoms with Gasteiger partial charge < -0.3 is 12.6 Å². The van der Waals surface area contributed by atoms with Gasteiger partial charge in [-0.2, -0.15) is 0 Å². The molecule has 0 amide bonds. The Bertz CT molecular complexity index is 371. The highest BCUT2D eigenvalue weighted by atomic mass is 31.2. The molecule has 8 heteroatoms. The van der Waals surface area contributed by atoms with Gasteiger partial charge in [-0.05, 0) is 41.5 Å².